The van der Waals surface area contributed by atoms with Crippen molar-refractivity contribution in [3.63, 3.8) is 0 Å². The second-order valence-corrected chi connectivity index (χ2v) is 14.0. The smallest absolute Gasteiger partial charge is 0.260 e. The summed E-state index contributed by atoms with van der Waals surface area (Å²) in [6.45, 7) is 3.81. The summed E-state index contributed by atoms with van der Waals surface area (Å²) in [7, 11) is 0.575. The highest BCUT2D eigenvalue weighted by molar-refractivity contribution is 7.92. The minimum absolute atomic E-state index is 0.0390. The number of benzene rings is 1. The van der Waals surface area contributed by atoms with Crippen molar-refractivity contribution in [2.24, 2.45) is 5.92 Å². The molecule has 0 atom stereocenters. The lowest BCUT2D eigenvalue weighted by atomic mass is 9.91. The summed E-state index contributed by atoms with van der Waals surface area (Å²) in [5, 5.41) is 4.12. The van der Waals surface area contributed by atoms with Crippen LogP contribution in [0.3, 0.4) is 0 Å². The molecule has 0 spiro atoms. The minimum Gasteiger partial charge on any atom is -0.351 e. The van der Waals surface area contributed by atoms with E-state index in [2.05, 4.69) is 34.0 Å². The lowest BCUT2D eigenvalue weighted by Crippen LogP contribution is -2.36. The standard InChI is InChI=1S/C30H41FN6O3S/c1-19(2)37-28-22(18-32-30(34-28)33-23-10-12-24(13-11-23)36(3)4)16-25(29(37)38)21-9-14-27(26(31)17-21)35-41(39,40)15-5-6-20-7-8-20/h9,14,16-20,23-24,35H,5-8,10-13,15H2,1-4H3,(H,32,33,34). The number of sulfonamides is 1. The van der Waals surface area contributed by atoms with Crippen LogP contribution in [0.4, 0.5) is 16.0 Å². The Morgan fingerprint density at radius 1 is 1.10 bits per heavy atom. The maximum Gasteiger partial charge on any atom is 0.260 e. The third kappa shape index (κ3) is 7.06. The molecule has 222 valence electrons. The quantitative estimate of drug-likeness (QED) is 0.311. The number of nitrogens with one attached hydrogen (secondary N) is 2. The van der Waals surface area contributed by atoms with Gasteiger partial charge in [0, 0.05) is 35.3 Å². The first-order valence-electron chi connectivity index (χ1n) is 14.7. The lowest BCUT2D eigenvalue weighted by molar-refractivity contribution is 0.221. The SMILES string of the molecule is CC(C)n1c(=O)c(-c2ccc(NS(=O)(=O)CCCC3CC3)c(F)c2)cc2cnc(NC3CCC(N(C)C)CC3)nc21. The van der Waals surface area contributed by atoms with Gasteiger partial charge in [0.15, 0.2) is 0 Å². The second kappa shape index (κ2) is 12.1. The minimum atomic E-state index is -3.66. The fourth-order valence-corrected chi connectivity index (χ4v) is 6.90. The molecule has 5 rings (SSSR count). The third-order valence-electron chi connectivity index (χ3n) is 8.32. The van der Waals surface area contributed by atoms with Gasteiger partial charge in [-0.1, -0.05) is 18.9 Å². The van der Waals surface area contributed by atoms with Crippen LogP contribution in [0.5, 0.6) is 0 Å². The number of hydrogen-bond acceptors (Lipinski definition) is 7. The molecule has 0 amide bonds. The molecule has 2 aliphatic rings. The summed E-state index contributed by atoms with van der Waals surface area (Å²) in [5.41, 5.74) is 0.764. The molecule has 3 aromatic rings. The molecule has 41 heavy (non-hydrogen) atoms. The topological polar surface area (TPSA) is 109 Å². The molecule has 0 unspecified atom stereocenters. The monoisotopic (exact) mass is 584 g/mol. The van der Waals surface area contributed by atoms with Crippen molar-refractivity contribution in [3.8, 4) is 11.1 Å². The van der Waals surface area contributed by atoms with Gasteiger partial charge < -0.3 is 10.2 Å². The van der Waals surface area contributed by atoms with Crippen molar-refractivity contribution in [2.75, 3.05) is 29.9 Å². The maximum atomic E-state index is 15.1. The van der Waals surface area contributed by atoms with Crippen LogP contribution in [0.15, 0.2) is 35.3 Å². The predicted molar refractivity (Wildman–Crippen MR) is 162 cm³/mol. The van der Waals surface area contributed by atoms with Crippen LogP contribution in [-0.2, 0) is 10.0 Å². The maximum absolute atomic E-state index is 15.1. The zero-order valence-corrected chi connectivity index (χ0v) is 25.2. The van der Waals surface area contributed by atoms with Crippen molar-refractivity contribution in [1.82, 2.24) is 19.4 Å². The fourth-order valence-electron chi connectivity index (χ4n) is 5.75. The number of rotatable bonds is 11. The zero-order valence-electron chi connectivity index (χ0n) is 24.4. The summed E-state index contributed by atoms with van der Waals surface area (Å²) in [5.74, 6) is 0.359. The van der Waals surface area contributed by atoms with Gasteiger partial charge in [-0.3, -0.25) is 14.1 Å². The molecular formula is C30H41FN6O3S. The number of fused-ring (bicyclic) bond motifs is 1. The number of anilines is 2. The third-order valence-corrected chi connectivity index (χ3v) is 9.67. The van der Waals surface area contributed by atoms with Gasteiger partial charge in [-0.15, -0.1) is 0 Å². The highest BCUT2D eigenvalue weighted by Crippen LogP contribution is 2.34. The van der Waals surface area contributed by atoms with Crippen LogP contribution >= 0.6 is 0 Å². The van der Waals surface area contributed by atoms with E-state index in [1.807, 2.05) is 13.8 Å². The van der Waals surface area contributed by atoms with Gasteiger partial charge in [0.25, 0.3) is 5.56 Å². The highest BCUT2D eigenvalue weighted by Gasteiger charge is 2.24. The Morgan fingerprint density at radius 2 is 1.83 bits per heavy atom. The molecular weight excluding hydrogens is 543 g/mol. The van der Waals surface area contributed by atoms with Gasteiger partial charge in [-0.2, -0.15) is 4.98 Å². The fraction of sp³-hybridized carbons (Fsp3) is 0.567. The predicted octanol–water partition coefficient (Wildman–Crippen LogP) is 5.40. The largest absolute Gasteiger partial charge is 0.351 e. The van der Waals surface area contributed by atoms with E-state index in [1.165, 1.54) is 25.0 Å². The number of nitrogens with zero attached hydrogens (tertiary/aromatic N) is 4. The van der Waals surface area contributed by atoms with Gasteiger partial charge in [-0.25, -0.2) is 17.8 Å². The van der Waals surface area contributed by atoms with Crippen LogP contribution < -0.4 is 15.6 Å². The Balaban J connectivity index is 1.38. The Labute approximate surface area is 241 Å². The van der Waals surface area contributed by atoms with Crippen LogP contribution in [0.25, 0.3) is 22.2 Å². The first-order chi connectivity index (χ1) is 19.5. The molecule has 0 saturated heterocycles. The van der Waals surface area contributed by atoms with Crippen LogP contribution in [0, 0.1) is 11.7 Å². The molecule has 2 N–H and O–H groups in total. The van der Waals surface area contributed by atoms with E-state index in [0.29, 0.717) is 46.5 Å². The molecule has 2 aliphatic carbocycles. The average molecular weight is 585 g/mol. The molecule has 1 aromatic carbocycles. The second-order valence-electron chi connectivity index (χ2n) is 12.1. The van der Waals surface area contributed by atoms with E-state index in [0.717, 1.165) is 32.1 Å². The molecule has 2 saturated carbocycles. The molecule has 0 radical (unpaired) electrons. The summed E-state index contributed by atoms with van der Waals surface area (Å²) < 4.78 is 44.0. The van der Waals surface area contributed by atoms with Crippen LogP contribution in [0.2, 0.25) is 0 Å². The first kappa shape index (κ1) is 29.4. The van der Waals surface area contributed by atoms with Crippen molar-refractivity contribution in [2.45, 2.75) is 83.3 Å². The van der Waals surface area contributed by atoms with Gasteiger partial charge in [0.05, 0.1) is 11.4 Å². The van der Waals surface area contributed by atoms with E-state index >= 15 is 4.39 Å². The Kier molecular flexibility index (Phi) is 8.65. The lowest BCUT2D eigenvalue weighted by Gasteiger charge is -2.33. The number of hydrogen-bond donors (Lipinski definition) is 2. The summed E-state index contributed by atoms with van der Waals surface area (Å²) >= 11 is 0. The first-order valence-corrected chi connectivity index (χ1v) is 16.3. The van der Waals surface area contributed by atoms with E-state index < -0.39 is 15.8 Å². The van der Waals surface area contributed by atoms with Crippen molar-refractivity contribution in [1.29, 1.82) is 0 Å². The van der Waals surface area contributed by atoms with Crippen LogP contribution in [0.1, 0.15) is 71.3 Å². The molecule has 2 heterocycles. The Morgan fingerprint density at radius 3 is 2.46 bits per heavy atom. The number of aromatic nitrogens is 3. The molecule has 9 nitrogen and oxygen atoms in total. The zero-order chi connectivity index (χ0) is 29.3. The molecule has 0 bridgehead atoms. The van der Waals surface area contributed by atoms with Crippen LogP contribution in [-0.4, -0.2) is 59.8 Å². The normalized spacial score (nSPS) is 19.7. The summed E-state index contributed by atoms with van der Waals surface area (Å²) in [6, 6.07) is 6.50. The molecule has 11 heteroatoms. The Hall–Kier alpha value is -3.05. The van der Waals surface area contributed by atoms with E-state index in [-0.39, 0.29) is 29.1 Å². The molecule has 2 fully saturated rings. The van der Waals surface area contributed by atoms with E-state index in [9.17, 15) is 13.2 Å². The van der Waals surface area contributed by atoms with E-state index in [4.69, 9.17) is 4.98 Å². The Bertz CT molecular complexity index is 1560. The summed E-state index contributed by atoms with van der Waals surface area (Å²) in [6.07, 6.45) is 9.73. The average Bonchev–Trinajstić information content (AvgIpc) is 3.74. The highest BCUT2D eigenvalue weighted by atomic mass is 32.2. The van der Waals surface area contributed by atoms with E-state index in [1.54, 1.807) is 22.9 Å². The van der Waals surface area contributed by atoms with Gasteiger partial charge in [-0.05, 0) is 96.1 Å². The van der Waals surface area contributed by atoms with Gasteiger partial charge in [0.2, 0.25) is 16.0 Å². The number of halogens is 1. The van der Waals surface area contributed by atoms with Crippen molar-refractivity contribution < 1.29 is 12.8 Å². The van der Waals surface area contributed by atoms with Gasteiger partial charge >= 0.3 is 0 Å². The molecule has 2 aromatic heterocycles. The van der Waals surface area contributed by atoms with Gasteiger partial charge in [0.1, 0.15) is 11.5 Å². The number of pyridine rings is 1. The summed E-state index contributed by atoms with van der Waals surface area (Å²) in [4.78, 5) is 25.2. The molecule has 0 aliphatic heterocycles. The van der Waals surface area contributed by atoms with Crippen molar-refractivity contribution >= 4 is 32.7 Å². The van der Waals surface area contributed by atoms with Crippen molar-refractivity contribution in [3.05, 3.63) is 46.6 Å².